The zero-order valence-electron chi connectivity index (χ0n) is 8.06. The Morgan fingerprint density at radius 3 is 2.46 bits per heavy atom. The van der Waals surface area contributed by atoms with Crippen LogP contribution in [0.5, 0.6) is 5.75 Å². The van der Waals surface area contributed by atoms with Gasteiger partial charge in [0.25, 0.3) is 0 Å². The highest BCUT2D eigenvalue weighted by molar-refractivity contribution is 7.58. The molecule has 0 aromatic heterocycles. The molecule has 0 saturated carbocycles. The third kappa shape index (κ3) is 3.65. The summed E-state index contributed by atoms with van der Waals surface area (Å²) in [7, 11) is -2.41. The van der Waals surface area contributed by atoms with Crippen LogP contribution in [0.1, 0.15) is 13.3 Å². The van der Waals surface area contributed by atoms with Crippen LogP contribution in [-0.2, 0) is 4.57 Å². The average Bonchev–Trinajstić information content (AvgIpc) is 2.04. The first kappa shape index (κ1) is 10.3. The normalized spacial score (nSPS) is 14.9. The Labute approximate surface area is 79.4 Å². The van der Waals surface area contributed by atoms with Crippen molar-refractivity contribution in [3.63, 3.8) is 0 Å². The molecule has 0 aliphatic rings. The van der Waals surface area contributed by atoms with E-state index in [2.05, 4.69) is 0 Å². The summed E-state index contributed by atoms with van der Waals surface area (Å²) >= 11 is 0. The van der Waals surface area contributed by atoms with Gasteiger partial charge >= 0.3 is 0 Å². The van der Waals surface area contributed by atoms with E-state index in [1.54, 1.807) is 6.66 Å². The lowest BCUT2D eigenvalue weighted by Crippen LogP contribution is -1.95. The molecule has 2 nitrogen and oxygen atoms in total. The molecule has 0 N–H and O–H groups in total. The fraction of sp³-hybridized carbons (Fsp3) is 0.400. The molecular formula is C10H15O2P. The minimum Gasteiger partial charge on any atom is -0.443 e. The number of para-hydroxylation sites is 1. The first-order valence-electron chi connectivity index (χ1n) is 4.45. The van der Waals surface area contributed by atoms with Gasteiger partial charge < -0.3 is 4.52 Å². The molecule has 1 atom stereocenters. The highest BCUT2D eigenvalue weighted by atomic mass is 31.2. The lowest BCUT2D eigenvalue weighted by molar-refractivity contribution is 0.487. The Morgan fingerprint density at radius 1 is 1.31 bits per heavy atom. The van der Waals surface area contributed by atoms with E-state index >= 15 is 0 Å². The second-order valence-electron chi connectivity index (χ2n) is 3.14. The number of hydrogen-bond acceptors (Lipinski definition) is 2. The van der Waals surface area contributed by atoms with Gasteiger partial charge in [-0.2, -0.15) is 0 Å². The summed E-state index contributed by atoms with van der Waals surface area (Å²) in [6, 6.07) is 9.31. The van der Waals surface area contributed by atoms with Crippen LogP contribution < -0.4 is 4.52 Å². The van der Waals surface area contributed by atoms with Crippen molar-refractivity contribution in [1.29, 1.82) is 0 Å². The van der Waals surface area contributed by atoms with Crippen LogP contribution in [0.3, 0.4) is 0 Å². The first-order chi connectivity index (χ1) is 6.14. The molecule has 0 bridgehead atoms. The third-order valence-electron chi connectivity index (χ3n) is 1.67. The van der Waals surface area contributed by atoms with Crippen LogP contribution in [0.25, 0.3) is 0 Å². The molecule has 1 rings (SSSR count). The Kier molecular flexibility index (Phi) is 3.56. The lowest BCUT2D eigenvalue weighted by Gasteiger charge is -2.13. The second-order valence-corrected chi connectivity index (χ2v) is 5.80. The van der Waals surface area contributed by atoms with Gasteiger partial charge in [0.2, 0.25) is 7.37 Å². The zero-order chi connectivity index (χ0) is 9.73. The van der Waals surface area contributed by atoms with Gasteiger partial charge in [0.05, 0.1) is 0 Å². The maximum absolute atomic E-state index is 11.8. The molecule has 0 fully saturated rings. The Bertz CT molecular complexity index is 295. The van der Waals surface area contributed by atoms with E-state index in [-0.39, 0.29) is 0 Å². The second kappa shape index (κ2) is 4.48. The van der Waals surface area contributed by atoms with Crippen LogP contribution >= 0.6 is 7.37 Å². The molecule has 0 saturated heterocycles. The fourth-order valence-corrected chi connectivity index (χ4v) is 2.63. The van der Waals surface area contributed by atoms with Crippen molar-refractivity contribution < 1.29 is 9.09 Å². The minimum absolute atomic E-state index is 0.641. The molecule has 1 aromatic rings. The van der Waals surface area contributed by atoms with E-state index in [0.29, 0.717) is 11.9 Å². The van der Waals surface area contributed by atoms with Crippen molar-refractivity contribution in [2.45, 2.75) is 13.3 Å². The molecule has 3 heteroatoms. The summed E-state index contributed by atoms with van der Waals surface area (Å²) in [6.07, 6.45) is 1.53. The smallest absolute Gasteiger partial charge is 0.244 e. The summed E-state index contributed by atoms with van der Waals surface area (Å²) in [6.45, 7) is 3.69. The quantitative estimate of drug-likeness (QED) is 0.693. The molecular weight excluding hydrogens is 183 g/mol. The SMILES string of the molecule is CCCP(C)(=O)Oc1ccccc1. The van der Waals surface area contributed by atoms with Crippen LogP contribution in [0.4, 0.5) is 0 Å². The Hall–Kier alpha value is -0.750. The fourth-order valence-electron chi connectivity index (χ4n) is 1.16. The summed E-state index contributed by atoms with van der Waals surface area (Å²) in [5.74, 6) is 0.696. The van der Waals surface area contributed by atoms with Crippen LogP contribution in [-0.4, -0.2) is 12.8 Å². The van der Waals surface area contributed by atoms with Crippen molar-refractivity contribution in [3.05, 3.63) is 30.3 Å². The number of hydrogen-bond donors (Lipinski definition) is 0. The number of benzene rings is 1. The summed E-state index contributed by atoms with van der Waals surface area (Å²) in [5.41, 5.74) is 0. The lowest BCUT2D eigenvalue weighted by atomic mass is 10.3. The van der Waals surface area contributed by atoms with Gasteiger partial charge in [-0.05, 0) is 18.6 Å². The number of rotatable bonds is 4. The molecule has 0 aliphatic carbocycles. The van der Waals surface area contributed by atoms with E-state index in [0.717, 1.165) is 6.42 Å². The van der Waals surface area contributed by atoms with E-state index in [1.807, 2.05) is 37.3 Å². The zero-order valence-corrected chi connectivity index (χ0v) is 8.96. The van der Waals surface area contributed by atoms with E-state index in [4.69, 9.17) is 4.52 Å². The predicted molar refractivity (Wildman–Crippen MR) is 55.8 cm³/mol. The van der Waals surface area contributed by atoms with Crippen molar-refractivity contribution in [1.82, 2.24) is 0 Å². The predicted octanol–water partition coefficient (Wildman–Crippen LogP) is 3.38. The van der Waals surface area contributed by atoms with Crippen LogP contribution in [0.15, 0.2) is 30.3 Å². The largest absolute Gasteiger partial charge is 0.443 e. The van der Waals surface area contributed by atoms with E-state index in [1.165, 1.54) is 0 Å². The van der Waals surface area contributed by atoms with Crippen molar-refractivity contribution in [2.24, 2.45) is 0 Å². The monoisotopic (exact) mass is 198 g/mol. The summed E-state index contributed by atoms with van der Waals surface area (Å²) in [4.78, 5) is 0. The molecule has 72 valence electrons. The van der Waals surface area contributed by atoms with Gasteiger partial charge in [-0.1, -0.05) is 25.1 Å². The Balaban J connectivity index is 2.64. The molecule has 0 aliphatic heterocycles. The van der Waals surface area contributed by atoms with Crippen molar-refractivity contribution in [2.75, 3.05) is 12.8 Å². The third-order valence-corrected chi connectivity index (χ3v) is 3.53. The molecule has 13 heavy (non-hydrogen) atoms. The standard InChI is InChI=1S/C10H15O2P/c1-3-9-13(2,11)12-10-7-5-4-6-8-10/h4-8H,3,9H2,1-2H3. The van der Waals surface area contributed by atoms with Gasteiger partial charge in [0, 0.05) is 12.8 Å². The molecule has 0 spiro atoms. The highest BCUT2D eigenvalue weighted by Crippen LogP contribution is 2.43. The van der Waals surface area contributed by atoms with Gasteiger partial charge in [-0.25, -0.2) is 0 Å². The van der Waals surface area contributed by atoms with Crippen molar-refractivity contribution in [3.8, 4) is 5.75 Å². The van der Waals surface area contributed by atoms with Gasteiger partial charge in [0.15, 0.2) is 0 Å². The van der Waals surface area contributed by atoms with Crippen LogP contribution in [0.2, 0.25) is 0 Å². The molecule has 1 unspecified atom stereocenters. The maximum atomic E-state index is 11.8. The topological polar surface area (TPSA) is 26.3 Å². The van der Waals surface area contributed by atoms with Gasteiger partial charge in [-0.3, -0.25) is 4.57 Å². The van der Waals surface area contributed by atoms with Crippen LogP contribution in [0, 0.1) is 0 Å². The van der Waals surface area contributed by atoms with Crippen molar-refractivity contribution >= 4 is 7.37 Å². The maximum Gasteiger partial charge on any atom is 0.244 e. The highest BCUT2D eigenvalue weighted by Gasteiger charge is 2.15. The molecule has 1 aromatic carbocycles. The van der Waals surface area contributed by atoms with Gasteiger partial charge in [0.1, 0.15) is 5.75 Å². The van der Waals surface area contributed by atoms with E-state index in [9.17, 15) is 4.57 Å². The van der Waals surface area contributed by atoms with E-state index < -0.39 is 7.37 Å². The van der Waals surface area contributed by atoms with Gasteiger partial charge in [-0.15, -0.1) is 0 Å². The summed E-state index contributed by atoms with van der Waals surface area (Å²) < 4.78 is 17.2. The first-order valence-corrected chi connectivity index (χ1v) is 6.71. The summed E-state index contributed by atoms with van der Waals surface area (Å²) in [5, 5.41) is 0. The Morgan fingerprint density at radius 2 is 1.92 bits per heavy atom. The minimum atomic E-state index is -2.41. The molecule has 0 amide bonds. The average molecular weight is 198 g/mol. The molecule has 0 radical (unpaired) electrons. The molecule has 0 heterocycles.